The molecule has 160 valence electrons. The van der Waals surface area contributed by atoms with Crippen LogP contribution >= 0.6 is 0 Å². The summed E-state index contributed by atoms with van der Waals surface area (Å²) in [5.74, 6) is -1.25. The Morgan fingerprint density at radius 3 is 2.65 bits per heavy atom. The summed E-state index contributed by atoms with van der Waals surface area (Å²) in [6.45, 7) is 8.83. The summed E-state index contributed by atoms with van der Waals surface area (Å²) >= 11 is 0. The number of hydrogen-bond acceptors (Lipinski definition) is 3. The highest BCUT2D eigenvalue weighted by molar-refractivity contribution is 5.91. The minimum atomic E-state index is -0.633. The summed E-state index contributed by atoms with van der Waals surface area (Å²) in [6, 6.07) is 11.4. The Bertz CT molecular complexity index is 1120. The van der Waals surface area contributed by atoms with Gasteiger partial charge in [0.1, 0.15) is 11.6 Å². The predicted octanol–water partition coefficient (Wildman–Crippen LogP) is 5.18. The number of nitrogens with zero attached hydrogens (tertiary/aromatic N) is 1. The minimum Gasteiger partial charge on any atom is -0.383 e. The van der Waals surface area contributed by atoms with E-state index < -0.39 is 11.6 Å². The third-order valence-electron chi connectivity index (χ3n) is 5.29. The fraction of sp³-hybridized carbons (Fsp3) is 0.240. The number of allylic oxidation sites excluding steroid dienone is 1. The van der Waals surface area contributed by atoms with Gasteiger partial charge in [0, 0.05) is 28.9 Å². The van der Waals surface area contributed by atoms with E-state index in [4.69, 9.17) is 5.26 Å². The highest BCUT2D eigenvalue weighted by Crippen LogP contribution is 2.33. The standard InChI is InChI=1S/C25H26F2N4/c1-4-20(11-12-29-3)30-16(2)5-10-21-22-13-19(26)14-23(27)25(22)31-24(21)18-8-6-17(15-28)7-9-18/h4,6-9,13-14,20,29-31H,1-2,5,10-12H2,3H3. The molecule has 1 aromatic heterocycles. The Morgan fingerprint density at radius 2 is 2.00 bits per heavy atom. The van der Waals surface area contributed by atoms with Crippen molar-refractivity contribution in [2.45, 2.75) is 25.3 Å². The van der Waals surface area contributed by atoms with Crippen LogP contribution in [0.3, 0.4) is 0 Å². The zero-order valence-corrected chi connectivity index (χ0v) is 17.6. The van der Waals surface area contributed by atoms with E-state index in [-0.39, 0.29) is 11.6 Å². The van der Waals surface area contributed by atoms with E-state index in [9.17, 15) is 8.78 Å². The Hall–Kier alpha value is -3.43. The van der Waals surface area contributed by atoms with Crippen LogP contribution in [0.4, 0.5) is 8.78 Å². The molecule has 0 aliphatic heterocycles. The van der Waals surface area contributed by atoms with Gasteiger partial charge >= 0.3 is 0 Å². The first kappa shape index (κ1) is 22.3. The molecule has 0 radical (unpaired) electrons. The summed E-state index contributed by atoms with van der Waals surface area (Å²) in [7, 11) is 1.90. The van der Waals surface area contributed by atoms with Gasteiger partial charge in [-0.3, -0.25) is 0 Å². The smallest absolute Gasteiger partial charge is 0.150 e. The Morgan fingerprint density at radius 1 is 1.26 bits per heavy atom. The van der Waals surface area contributed by atoms with Gasteiger partial charge in [0.05, 0.1) is 17.1 Å². The van der Waals surface area contributed by atoms with Crippen molar-refractivity contribution in [2.24, 2.45) is 0 Å². The first-order chi connectivity index (χ1) is 15.0. The van der Waals surface area contributed by atoms with Crippen LogP contribution in [0.2, 0.25) is 0 Å². The van der Waals surface area contributed by atoms with Gasteiger partial charge in [-0.25, -0.2) is 8.78 Å². The second kappa shape index (κ2) is 10.1. The molecule has 2 aromatic carbocycles. The van der Waals surface area contributed by atoms with Crippen LogP contribution in [0.15, 0.2) is 61.3 Å². The lowest BCUT2D eigenvalue weighted by Gasteiger charge is -2.18. The molecule has 0 aliphatic rings. The molecule has 0 bridgehead atoms. The van der Waals surface area contributed by atoms with Crippen molar-refractivity contribution < 1.29 is 8.78 Å². The van der Waals surface area contributed by atoms with E-state index in [1.807, 2.05) is 13.1 Å². The normalized spacial score (nSPS) is 11.8. The van der Waals surface area contributed by atoms with Crippen molar-refractivity contribution in [3.05, 3.63) is 84.1 Å². The largest absolute Gasteiger partial charge is 0.383 e. The molecule has 0 aliphatic carbocycles. The molecule has 3 rings (SSSR count). The van der Waals surface area contributed by atoms with Crippen LogP contribution in [-0.4, -0.2) is 24.6 Å². The predicted molar refractivity (Wildman–Crippen MR) is 121 cm³/mol. The van der Waals surface area contributed by atoms with Gasteiger partial charge in [-0.2, -0.15) is 5.26 Å². The summed E-state index contributed by atoms with van der Waals surface area (Å²) in [5, 5.41) is 16.0. The molecule has 0 saturated carbocycles. The molecule has 1 unspecified atom stereocenters. The lowest BCUT2D eigenvalue weighted by atomic mass is 9.99. The van der Waals surface area contributed by atoms with E-state index in [0.29, 0.717) is 29.5 Å². The van der Waals surface area contributed by atoms with Crippen molar-refractivity contribution in [2.75, 3.05) is 13.6 Å². The SMILES string of the molecule is C=CC(CCNC)NC(=C)CCc1c(-c2ccc(C#N)cc2)[nH]c2c(F)cc(F)cc12. The number of benzene rings is 2. The van der Waals surface area contributed by atoms with Gasteiger partial charge in [-0.1, -0.05) is 24.8 Å². The number of H-pyrrole nitrogens is 1. The van der Waals surface area contributed by atoms with E-state index in [1.54, 1.807) is 24.3 Å². The maximum atomic E-state index is 14.4. The Kier molecular flexibility index (Phi) is 7.22. The molecule has 0 saturated heterocycles. The number of aromatic nitrogens is 1. The van der Waals surface area contributed by atoms with Gasteiger partial charge in [-0.05, 0) is 62.2 Å². The average molecular weight is 421 g/mol. The van der Waals surface area contributed by atoms with E-state index in [0.717, 1.165) is 35.9 Å². The van der Waals surface area contributed by atoms with Crippen molar-refractivity contribution in [3.8, 4) is 17.3 Å². The maximum Gasteiger partial charge on any atom is 0.150 e. The summed E-state index contributed by atoms with van der Waals surface area (Å²) in [5.41, 5.74) is 3.97. The molecule has 6 heteroatoms. The second-order valence-corrected chi connectivity index (χ2v) is 7.46. The van der Waals surface area contributed by atoms with E-state index in [1.165, 1.54) is 6.07 Å². The van der Waals surface area contributed by atoms with Crippen molar-refractivity contribution in [1.82, 2.24) is 15.6 Å². The molecular weight excluding hydrogens is 394 g/mol. The van der Waals surface area contributed by atoms with E-state index in [2.05, 4.69) is 34.8 Å². The second-order valence-electron chi connectivity index (χ2n) is 7.46. The third kappa shape index (κ3) is 5.19. The van der Waals surface area contributed by atoms with Gasteiger partial charge in [0.2, 0.25) is 0 Å². The lowest BCUT2D eigenvalue weighted by Crippen LogP contribution is -2.29. The van der Waals surface area contributed by atoms with Crippen LogP contribution in [0, 0.1) is 23.0 Å². The number of nitrogens with one attached hydrogen (secondary N) is 3. The molecule has 0 fully saturated rings. The average Bonchev–Trinajstić information content (AvgIpc) is 3.13. The van der Waals surface area contributed by atoms with Crippen LogP contribution in [0.25, 0.3) is 22.2 Å². The molecule has 1 heterocycles. The number of rotatable bonds is 10. The molecule has 0 spiro atoms. The van der Waals surface area contributed by atoms with Crippen molar-refractivity contribution >= 4 is 10.9 Å². The first-order valence-electron chi connectivity index (χ1n) is 10.2. The number of aromatic amines is 1. The van der Waals surface area contributed by atoms with Gasteiger partial charge < -0.3 is 15.6 Å². The fourth-order valence-electron chi connectivity index (χ4n) is 3.65. The Labute approximate surface area is 181 Å². The molecule has 4 nitrogen and oxygen atoms in total. The summed E-state index contributed by atoms with van der Waals surface area (Å²) < 4.78 is 28.4. The van der Waals surface area contributed by atoms with Gasteiger partial charge in [0.15, 0.2) is 0 Å². The zero-order valence-electron chi connectivity index (χ0n) is 17.6. The number of hydrogen-bond donors (Lipinski definition) is 3. The molecule has 1 atom stereocenters. The minimum absolute atomic E-state index is 0.0933. The third-order valence-corrected chi connectivity index (χ3v) is 5.29. The number of halogens is 2. The molecular formula is C25H26F2N4. The number of nitriles is 1. The Balaban J connectivity index is 1.91. The van der Waals surface area contributed by atoms with Crippen LogP contribution < -0.4 is 10.6 Å². The van der Waals surface area contributed by atoms with Gasteiger partial charge in [0.25, 0.3) is 0 Å². The number of fused-ring (bicyclic) bond motifs is 1. The van der Waals surface area contributed by atoms with Crippen molar-refractivity contribution in [3.63, 3.8) is 0 Å². The molecule has 3 N–H and O–H groups in total. The zero-order chi connectivity index (χ0) is 22.4. The van der Waals surface area contributed by atoms with Gasteiger partial charge in [-0.15, -0.1) is 6.58 Å². The molecule has 31 heavy (non-hydrogen) atoms. The lowest BCUT2D eigenvalue weighted by molar-refractivity contribution is 0.580. The molecule has 3 aromatic rings. The van der Waals surface area contributed by atoms with Crippen LogP contribution in [-0.2, 0) is 6.42 Å². The topological polar surface area (TPSA) is 63.6 Å². The van der Waals surface area contributed by atoms with E-state index >= 15 is 0 Å². The molecule has 0 amide bonds. The monoisotopic (exact) mass is 420 g/mol. The van der Waals surface area contributed by atoms with Crippen LogP contribution in [0.5, 0.6) is 0 Å². The van der Waals surface area contributed by atoms with Crippen LogP contribution in [0.1, 0.15) is 24.0 Å². The first-order valence-corrected chi connectivity index (χ1v) is 10.2. The highest BCUT2D eigenvalue weighted by Gasteiger charge is 2.17. The van der Waals surface area contributed by atoms with Crippen molar-refractivity contribution in [1.29, 1.82) is 5.26 Å². The number of aryl methyl sites for hydroxylation is 1. The maximum absolute atomic E-state index is 14.4. The summed E-state index contributed by atoms with van der Waals surface area (Å²) in [6.07, 6.45) is 3.86. The summed E-state index contributed by atoms with van der Waals surface area (Å²) in [4.78, 5) is 3.12. The quantitative estimate of drug-likeness (QED) is 0.396. The highest BCUT2D eigenvalue weighted by atomic mass is 19.1. The fourth-order valence-corrected chi connectivity index (χ4v) is 3.65.